The van der Waals surface area contributed by atoms with E-state index in [4.69, 9.17) is 4.74 Å². The van der Waals surface area contributed by atoms with E-state index in [1.807, 2.05) is 19.1 Å². The first-order valence-corrected chi connectivity index (χ1v) is 7.36. The molecule has 2 heterocycles. The highest BCUT2D eigenvalue weighted by Gasteiger charge is 2.16. The summed E-state index contributed by atoms with van der Waals surface area (Å²) in [6.45, 7) is 3.56. The highest BCUT2D eigenvalue weighted by atomic mass is 16.5. The van der Waals surface area contributed by atoms with E-state index in [2.05, 4.69) is 25.8 Å². The fraction of sp³-hybridized carbons (Fsp3) is 0.188. The number of amides is 1. The predicted octanol–water partition coefficient (Wildman–Crippen LogP) is 1.77. The molecular weight excluding hydrogens is 308 g/mol. The number of carbonyl (C=O) groups is 1. The van der Waals surface area contributed by atoms with Crippen LogP contribution < -0.4 is 10.1 Å². The minimum absolute atomic E-state index is 0.263. The van der Waals surface area contributed by atoms with Gasteiger partial charge in [0, 0.05) is 6.20 Å². The number of hydrogen-bond acceptors (Lipinski definition) is 6. The molecule has 0 aliphatic carbocycles. The van der Waals surface area contributed by atoms with Crippen LogP contribution in [0.1, 0.15) is 12.5 Å². The van der Waals surface area contributed by atoms with Crippen LogP contribution in [-0.4, -0.2) is 37.2 Å². The van der Waals surface area contributed by atoms with Crippen molar-refractivity contribution in [1.82, 2.24) is 25.2 Å². The summed E-state index contributed by atoms with van der Waals surface area (Å²) in [5, 5.41) is 13.7. The standard InChI is InChI=1S/C16H16N6O2/c1-11-4-3-9-17-15(11)19-16(23)12(2)24-14-7-5-13(6-8-14)22-10-18-20-21-22/h3-10,12H,1-2H3,(H,17,19,23). The van der Waals surface area contributed by atoms with Crippen LogP contribution in [0.2, 0.25) is 0 Å². The molecule has 1 atom stereocenters. The van der Waals surface area contributed by atoms with E-state index in [-0.39, 0.29) is 5.91 Å². The van der Waals surface area contributed by atoms with E-state index in [0.29, 0.717) is 11.6 Å². The predicted molar refractivity (Wildman–Crippen MR) is 86.8 cm³/mol. The van der Waals surface area contributed by atoms with Gasteiger partial charge in [-0.1, -0.05) is 6.07 Å². The van der Waals surface area contributed by atoms with Gasteiger partial charge in [-0.15, -0.1) is 5.10 Å². The molecule has 1 unspecified atom stereocenters. The number of tetrazole rings is 1. The summed E-state index contributed by atoms with van der Waals surface area (Å²) >= 11 is 0. The zero-order valence-corrected chi connectivity index (χ0v) is 13.2. The third-order valence-electron chi connectivity index (χ3n) is 3.38. The number of pyridine rings is 1. The highest BCUT2D eigenvalue weighted by Crippen LogP contribution is 2.16. The van der Waals surface area contributed by atoms with Crippen LogP contribution in [0.25, 0.3) is 5.69 Å². The SMILES string of the molecule is Cc1cccnc1NC(=O)C(C)Oc1ccc(-n2cnnn2)cc1. The van der Waals surface area contributed by atoms with Crippen molar-refractivity contribution in [2.24, 2.45) is 0 Å². The fourth-order valence-corrected chi connectivity index (χ4v) is 2.05. The molecule has 0 saturated carbocycles. The summed E-state index contributed by atoms with van der Waals surface area (Å²) in [6.07, 6.45) is 2.47. The van der Waals surface area contributed by atoms with Gasteiger partial charge in [-0.2, -0.15) is 0 Å². The number of anilines is 1. The first kappa shape index (κ1) is 15.6. The van der Waals surface area contributed by atoms with E-state index < -0.39 is 6.10 Å². The quantitative estimate of drug-likeness (QED) is 0.768. The van der Waals surface area contributed by atoms with Crippen LogP contribution in [0.4, 0.5) is 5.82 Å². The summed E-state index contributed by atoms with van der Waals surface area (Å²) in [4.78, 5) is 16.4. The third kappa shape index (κ3) is 3.54. The Labute approximate surface area is 138 Å². The van der Waals surface area contributed by atoms with Gasteiger partial charge >= 0.3 is 0 Å². The Hall–Kier alpha value is -3.29. The molecule has 0 radical (unpaired) electrons. The minimum atomic E-state index is -0.662. The number of rotatable bonds is 5. The number of aromatic nitrogens is 5. The summed E-state index contributed by atoms with van der Waals surface area (Å²) in [7, 11) is 0. The van der Waals surface area contributed by atoms with Gasteiger partial charge in [0.15, 0.2) is 6.10 Å². The van der Waals surface area contributed by atoms with Gasteiger partial charge in [0.25, 0.3) is 5.91 Å². The lowest BCUT2D eigenvalue weighted by Gasteiger charge is -2.15. The second-order valence-electron chi connectivity index (χ2n) is 5.17. The van der Waals surface area contributed by atoms with Crippen LogP contribution in [-0.2, 0) is 4.79 Å². The van der Waals surface area contributed by atoms with Gasteiger partial charge in [0.2, 0.25) is 0 Å². The van der Waals surface area contributed by atoms with Crippen molar-refractivity contribution in [1.29, 1.82) is 0 Å². The Balaban J connectivity index is 1.63. The molecule has 8 heteroatoms. The van der Waals surface area contributed by atoms with Crippen LogP contribution in [0.3, 0.4) is 0 Å². The Kier molecular flexibility index (Phi) is 4.46. The highest BCUT2D eigenvalue weighted by molar-refractivity contribution is 5.93. The molecule has 8 nitrogen and oxygen atoms in total. The number of aryl methyl sites for hydroxylation is 1. The summed E-state index contributed by atoms with van der Waals surface area (Å²) in [5.41, 5.74) is 1.69. The molecule has 1 amide bonds. The van der Waals surface area contributed by atoms with Crippen molar-refractivity contribution in [2.75, 3.05) is 5.32 Å². The van der Waals surface area contributed by atoms with E-state index in [0.717, 1.165) is 11.3 Å². The summed E-state index contributed by atoms with van der Waals surface area (Å²) in [6, 6.07) is 10.8. The number of carbonyl (C=O) groups excluding carboxylic acids is 1. The van der Waals surface area contributed by atoms with Crippen LogP contribution in [0.15, 0.2) is 48.9 Å². The molecule has 122 valence electrons. The molecule has 3 aromatic rings. The maximum atomic E-state index is 12.2. The molecule has 1 N–H and O–H groups in total. The number of nitrogens with one attached hydrogen (secondary N) is 1. The number of hydrogen-bond donors (Lipinski definition) is 1. The lowest BCUT2D eigenvalue weighted by molar-refractivity contribution is -0.122. The van der Waals surface area contributed by atoms with Crippen molar-refractivity contribution in [2.45, 2.75) is 20.0 Å². The molecule has 0 saturated heterocycles. The van der Waals surface area contributed by atoms with Crippen molar-refractivity contribution in [3.63, 3.8) is 0 Å². The minimum Gasteiger partial charge on any atom is -0.481 e. The average molecular weight is 324 g/mol. The molecule has 1 aromatic carbocycles. The largest absolute Gasteiger partial charge is 0.481 e. The van der Waals surface area contributed by atoms with E-state index in [9.17, 15) is 4.79 Å². The normalized spacial score (nSPS) is 11.8. The molecule has 2 aromatic heterocycles. The zero-order valence-electron chi connectivity index (χ0n) is 13.2. The molecule has 0 spiro atoms. The Morgan fingerprint density at radius 1 is 1.25 bits per heavy atom. The Morgan fingerprint density at radius 3 is 2.71 bits per heavy atom. The first-order valence-electron chi connectivity index (χ1n) is 7.36. The van der Waals surface area contributed by atoms with Gasteiger partial charge < -0.3 is 10.1 Å². The van der Waals surface area contributed by atoms with E-state index in [1.165, 1.54) is 11.0 Å². The monoisotopic (exact) mass is 324 g/mol. The van der Waals surface area contributed by atoms with Gasteiger partial charge in [0.1, 0.15) is 17.9 Å². The second-order valence-corrected chi connectivity index (χ2v) is 5.17. The molecular formula is C16H16N6O2. The van der Waals surface area contributed by atoms with E-state index in [1.54, 1.807) is 37.4 Å². The van der Waals surface area contributed by atoms with Crippen LogP contribution in [0, 0.1) is 6.92 Å². The lowest BCUT2D eigenvalue weighted by atomic mass is 10.2. The molecule has 24 heavy (non-hydrogen) atoms. The van der Waals surface area contributed by atoms with Crippen molar-refractivity contribution >= 4 is 11.7 Å². The third-order valence-corrected chi connectivity index (χ3v) is 3.38. The number of nitrogens with zero attached hydrogens (tertiary/aromatic N) is 5. The summed E-state index contributed by atoms with van der Waals surface area (Å²) in [5.74, 6) is 0.848. The average Bonchev–Trinajstić information content (AvgIpc) is 3.12. The number of ether oxygens (including phenoxy) is 1. The van der Waals surface area contributed by atoms with Crippen LogP contribution >= 0.6 is 0 Å². The fourth-order valence-electron chi connectivity index (χ4n) is 2.05. The Morgan fingerprint density at radius 2 is 2.04 bits per heavy atom. The first-order chi connectivity index (χ1) is 11.6. The molecule has 0 fully saturated rings. The molecule has 0 aliphatic rings. The van der Waals surface area contributed by atoms with Crippen LogP contribution in [0.5, 0.6) is 5.75 Å². The number of benzene rings is 1. The van der Waals surface area contributed by atoms with Gasteiger partial charge in [0.05, 0.1) is 5.69 Å². The smallest absolute Gasteiger partial charge is 0.266 e. The second kappa shape index (κ2) is 6.86. The molecule has 3 rings (SSSR count). The van der Waals surface area contributed by atoms with Gasteiger partial charge in [-0.3, -0.25) is 4.79 Å². The lowest BCUT2D eigenvalue weighted by Crippen LogP contribution is -2.30. The Bertz CT molecular complexity index is 817. The topological polar surface area (TPSA) is 94.8 Å². The summed E-state index contributed by atoms with van der Waals surface area (Å²) < 4.78 is 7.19. The van der Waals surface area contributed by atoms with E-state index >= 15 is 0 Å². The van der Waals surface area contributed by atoms with Crippen molar-refractivity contribution in [3.05, 3.63) is 54.5 Å². The maximum absolute atomic E-state index is 12.2. The van der Waals surface area contributed by atoms with Crippen molar-refractivity contribution < 1.29 is 9.53 Å². The maximum Gasteiger partial charge on any atom is 0.266 e. The van der Waals surface area contributed by atoms with Gasteiger partial charge in [-0.05, 0) is 60.2 Å². The molecule has 0 aliphatic heterocycles. The van der Waals surface area contributed by atoms with Crippen molar-refractivity contribution in [3.8, 4) is 11.4 Å². The van der Waals surface area contributed by atoms with Gasteiger partial charge in [-0.25, -0.2) is 9.67 Å². The molecule has 0 bridgehead atoms. The zero-order chi connectivity index (χ0) is 16.9.